The van der Waals surface area contributed by atoms with Gasteiger partial charge in [-0.05, 0) is 42.3 Å². The second-order valence-corrected chi connectivity index (χ2v) is 6.85. The number of carbonyl (C=O) groups excluding carboxylic acids is 1. The number of rotatable bonds is 5. The van der Waals surface area contributed by atoms with E-state index in [1.165, 1.54) is 6.07 Å². The van der Waals surface area contributed by atoms with E-state index in [4.69, 9.17) is 16.2 Å². The summed E-state index contributed by atoms with van der Waals surface area (Å²) in [6, 6.07) is 10.7. The Hall–Kier alpha value is -1.89. The lowest BCUT2D eigenvalue weighted by Crippen LogP contribution is -2.13. The molecule has 0 aromatic heterocycles. The van der Waals surface area contributed by atoms with Crippen molar-refractivity contribution in [2.75, 3.05) is 5.32 Å². The van der Waals surface area contributed by atoms with E-state index in [1.807, 2.05) is 12.1 Å². The van der Waals surface area contributed by atoms with Gasteiger partial charge in [-0.25, -0.2) is 0 Å². The fraction of sp³-hybridized carbons (Fsp3) is 0.188. The molecule has 7 heteroatoms. The first-order chi connectivity index (χ1) is 10.8. The molecular formula is C16H16ClNO4S. The fourth-order valence-electron chi connectivity index (χ4n) is 2.07. The molecule has 0 saturated carbocycles. The maximum atomic E-state index is 12.2. The average molecular weight is 354 g/mol. The summed E-state index contributed by atoms with van der Waals surface area (Å²) in [6.07, 6.45) is 1.95. The second kappa shape index (κ2) is 7.12. The molecule has 2 N–H and O–H groups in total. The predicted molar refractivity (Wildman–Crippen MR) is 89.7 cm³/mol. The van der Waals surface area contributed by atoms with Crippen LogP contribution in [0.3, 0.4) is 0 Å². The summed E-state index contributed by atoms with van der Waals surface area (Å²) in [5.41, 5.74) is 1.68. The van der Waals surface area contributed by atoms with Gasteiger partial charge in [-0.1, -0.05) is 37.1 Å². The van der Waals surface area contributed by atoms with Gasteiger partial charge in [0.05, 0.1) is 15.6 Å². The normalized spacial score (nSPS) is 11.3. The van der Waals surface area contributed by atoms with Crippen molar-refractivity contribution in [3.05, 3.63) is 58.6 Å². The number of hydrogen-bond acceptors (Lipinski definition) is 3. The van der Waals surface area contributed by atoms with E-state index < -0.39 is 16.0 Å². The third kappa shape index (κ3) is 4.54. The standard InChI is InChI=1S/C16H16ClNO4S/c1-2-3-11-4-6-12(7-5-11)16(19)18-15-10-13(23(20,21)22)8-9-14(15)17/h4-10H,2-3H2,1H3,(H,18,19)(H,20,21,22). The molecule has 2 rings (SSSR count). The van der Waals surface area contributed by atoms with Crippen LogP contribution in [0, 0.1) is 0 Å². The first-order valence-electron chi connectivity index (χ1n) is 6.98. The van der Waals surface area contributed by atoms with Crippen molar-refractivity contribution in [2.45, 2.75) is 24.7 Å². The van der Waals surface area contributed by atoms with Crippen LogP contribution in [0.4, 0.5) is 5.69 Å². The van der Waals surface area contributed by atoms with E-state index in [-0.39, 0.29) is 15.6 Å². The highest BCUT2D eigenvalue weighted by molar-refractivity contribution is 7.85. The van der Waals surface area contributed by atoms with Crippen LogP contribution >= 0.6 is 11.6 Å². The lowest BCUT2D eigenvalue weighted by molar-refractivity contribution is 0.102. The van der Waals surface area contributed by atoms with Gasteiger partial charge in [0.15, 0.2) is 0 Å². The van der Waals surface area contributed by atoms with Crippen LogP contribution < -0.4 is 5.32 Å². The van der Waals surface area contributed by atoms with Gasteiger partial charge >= 0.3 is 0 Å². The van der Waals surface area contributed by atoms with Crippen molar-refractivity contribution in [3.8, 4) is 0 Å². The molecule has 2 aromatic carbocycles. The van der Waals surface area contributed by atoms with Gasteiger partial charge in [-0.15, -0.1) is 0 Å². The summed E-state index contributed by atoms with van der Waals surface area (Å²) >= 11 is 5.95. The number of benzene rings is 2. The van der Waals surface area contributed by atoms with Crippen LogP contribution in [-0.4, -0.2) is 18.9 Å². The van der Waals surface area contributed by atoms with Gasteiger partial charge in [0.1, 0.15) is 0 Å². The molecule has 0 atom stereocenters. The number of amides is 1. The van der Waals surface area contributed by atoms with E-state index in [9.17, 15) is 13.2 Å². The van der Waals surface area contributed by atoms with Gasteiger partial charge in [-0.2, -0.15) is 8.42 Å². The highest BCUT2D eigenvalue weighted by Gasteiger charge is 2.14. The number of anilines is 1. The molecule has 122 valence electrons. The summed E-state index contributed by atoms with van der Waals surface area (Å²) in [7, 11) is -4.36. The van der Waals surface area contributed by atoms with Crippen LogP contribution in [0.15, 0.2) is 47.4 Å². The fourth-order valence-corrected chi connectivity index (χ4v) is 2.74. The van der Waals surface area contributed by atoms with Gasteiger partial charge in [0, 0.05) is 5.56 Å². The second-order valence-electron chi connectivity index (χ2n) is 5.02. The molecule has 2 aromatic rings. The molecule has 0 aliphatic carbocycles. The Morgan fingerprint density at radius 1 is 1.17 bits per heavy atom. The molecule has 0 fully saturated rings. The Morgan fingerprint density at radius 3 is 2.39 bits per heavy atom. The summed E-state index contributed by atoms with van der Waals surface area (Å²) in [5.74, 6) is -0.414. The Labute approximate surface area is 140 Å². The SMILES string of the molecule is CCCc1ccc(C(=O)Nc2cc(S(=O)(=O)O)ccc2Cl)cc1. The van der Waals surface area contributed by atoms with E-state index in [1.54, 1.807) is 12.1 Å². The Balaban J connectivity index is 2.23. The smallest absolute Gasteiger partial charge is 0.294 e. The molecule has 0 unspecified atom stereocenters. The molecular weight excluding hydrogens is 338 g/mol. The van der Waals surface area contributed by atoms with Crippen molar-refractivity contribution >= 4 is 33.3 Å². The van der Waals surface area contributed by atoms with Crippen molar-refractivity contribution in [1.82, 2.24) is 0 Å². The monoisotopic (exact) mass is 353 g/mol. The molecule has 0 radical (unpaired) electrons. The maximum absolute atomic E-state index is 12.2. The summed E-state index contributed by atoms with van der Waals surface area (Å²) in [6.45, 7) is 2.07. The largest absolute Gasteiger partial charge is 0.321 e. The lowest BCUT2D eigenvalue weighted by Gasteiger charge is -2.09. The number of carbonyl (C=O) groups is 1. The molecule has 0 bridgehead atoms. The summed E-state index contributed by atoms with van der Waals surface area (Å²) in [5, 5.41) is 2.72. The Morgan fingerprint density at radius 2 is 1.83 bits per heavy atom. The van der Waals surface area contributed by atoms with Crippen molar-refractivity contribution < 1.29 is 17.8 Å². The van der Waals surface area contributed by atoms with Crippen molar-refractivity contribution in [1.29, 1.82) is 0 Å². The van der Waals surface area contributed by atoms with Crippen LogP contribution in [0.5, 0.6) is 0 Å². The molecule has 5 nitrogen and oxygen atoms in total. The molecule has 1 amide bonds. The number of aryl methyl sites for hydroxylation is 1. The van der Waals surface area contributed by atoms with Crippen molar-refractivity contribution in [2.24, 2.45) is 0 Å². The predicted octanol–water partition coefficient (Wildman–Crippen LogP) is 3.79. The van der Waals surface area contributed by atoms with Crippen LogP contribution in [0.25, 0.3) is 0 Å². The van der Waals surface area contributed by atoms with Gasteiger partial charge in [0.2, 0.25) is 0 Å². The first-order valence-corrected chi connectivity index (χ1v) is 8.80. The maximum Gasteiger partial charge on any atom is 0.294 e. The zero-order valence-corrected chi connectivity index (χ0v) is 14.0. The summed E-state index contributed by atoms with van der Waals surface area (Å²) < 4.78 is 31.4. The first kappa shape index (κ1) is 17.5. The minimum Gasteiger partial charge on any atom is -0.321 e. The van der Waals surface area contributed by atoms with E-state index in [0.29, 0.717) is 5.56 Å². The number of halogens is 1. The van der Waals surface area contributed by atoms with E-state index in [2.05, 4.69) is 12.2 Å². The van der Waals surface area contributed by atoms with Gasteiger partial charge < -0.3 is 5.32 Å². The van der Waals surface area contributed by atoms with Crippen LogP contribution in [0.2, 0.25) is 5.02 Å². The van der Waals surface area contributed by atoms with Crippen LogP contribution in [-0.2, 0) is 16.5 Å². The van der Waals surface area contributed by atoms with Gasteiger partial charge in [-0.3, -0.25) is 9.35 Å². The number of nitrogens with one attached hydrogen (secondary N) is 1. The highest BCUT2D eigenvalue weighted by Crippen LogP contribution is 2.25. The third-order valence-electron chi connectivity index (χ3n) is 3.24. The minimum absolute atomic E-state index is 0.115. The van der Waals surface area contributed by atoms with E-state index >= 15 is 0 Å². The van der Waals surface area contributed by atoms with Crippen molar-refractivity contribution in [3.63, 3.8) is 0 Å². The van der Waals surface area contributed by atoms with E-state index in [0.717, 1.165) is 30.5 Å². The minimum atomic E-state index is -4.36. The Kier molecular flexibility index (Phi) is 5.41. The molecule has 0 saturated heterocycles. The molecule has 0 aliphatic rings. The summed E-state index contributed by atoms with van der Waals surface area (Å²) in [4.78, 5) is 11.9. The zero-order chi connectivity index (χ0) is 17.0. The quantitative estimate of drug-likeness (QED) is 0.801. The molecule has 0 heterocycles. The topological polar surface area (TPSA) is 83.5 Å². The average Bonchev–Trinajstić information content (AvgIpc) is 2.49. The van der Waals surface area contributed by atoms with Crippen LogP contribution in [0.1, 0.15) is 29.3 Å². The lowest BCUT2D eigenvalue weighted by atomic mass is 10.1. The highest BCUT2D eigenvalue weighted by atomic mass is 35.5. The molecule has 0 spiro atoms. The molecule has 23 heavy (non-hydrogen) atoms. The molecule has 0 aliphatic heterocycles. The number of hydrogen-bond donors (Lipinski definition) is 2. The Bertz CT molecular complexity index is 816. The third-order valence-corrected chi connectivity index (χ3v) is 4.42. The zero-order valence-electron chi connectivity index (χ0n) is 12.4. The van der Waals surface area contributed by atoms with Gasteiger partial charge in [0.25, 0.3) is 16.0 Å².